The molecule has 1 atom stereocenters. The Bertz CT molecular complexity index is 1890. The number of benzene rings is 4. The van der Waals surface area contributed by atoms with Crippen molar-refractivity contribution in [3.63, 3.8) is 0 Å². The highest BCUT2D eigenvalue weighted by Gasteiger charge is 2.20. The molecule has 1 aromatic heterocycles. The molecule has 5 aromatic rings. The summed E-state index contributed by atoms with van der Waals surface area (Å²) in [6, 6.07) is 22.5. The number of carbonyl (C=O) groups is 2. The van der Waals surface area contributed by atoms with Crippen molar-refractivity contribution in [1.82, 2.24) is 15.6 Å². The minimum atomic E-state index is -0.911. The first kappa shape index (κ1) is 30.8. The molecule has 0 radical (unpaired) electrons. The van der Waals surface area contributed by atoms with Gasteiger partial charge in [0.05, 0.1) is 25.3 Å². The number of hydrogen-bond acceptors (Lipinski definition) is 7. The van der Waals surface area contributed by atoms with Crippen LogP contribution in [0.15, 0.2) is 85.1 Å². The molecule has 46 heavy (non-hydrogen) atoms. The zero-order valence-corrected chi connectivity index (χ0v) is 25.6. The largest absolute Gasteiger partial charge is 0.493 e. The van der Waals surface area contributed by atoms with Crippen LogP contribution in [-0.4, -0.2) is 43.6 Å². The van der Waals surface area contributed by atoms with Gasteiger partial charge in [0.25, 0.3) is 0 Å². The number of ether oxygens (including phenoxy) is 3. The summed E-state index contributed by atoms with van der Waals surface area (Å²) in [6.45, 7) is 4.34. The van der Waals surface area contributed by atoms with Crippen molar-refractivity contribution < 1.29 is 28.2 Å². The second-order valence-corrected chi connectivity index (χ2v) is 11.3. The highest BCUT2D eigenvalue weighted by atomic mass is 19.1. The molecule has 2 heterocycles. The summed E-state index contributed by atoms with van der Waals surface area (Å²) in [4.78, 5) is 29.7. The number of halogens is 1. The molecule has 0 bridgehead atoms. The van der Waals surface area contributed by atoms with E-state index in [4.69, 9.17) is 14.2 Å². The highest BCUT2D eigenvalue weighted by molar-refractivity contribution is 6.39. The predicted molar refractivity (Wildman–Crippen MR) is 175 cm³/mol. The second kappa shape index (κ2) is 13.8. The number of piperidine rings is 1. The smallest absolute Gasteiger partial charge is 0.313 e. The molecule has 9 nitrogen and oxygen atoms in total. The van der Waals surface area contributed by atoms with Gasteiger partial charge in [-0.15, -0.1) is 0 Å². The van der Waals surface area contributed by atoms with E-state index in [0.29, 0.717) is 40.7 Å². The molecule has 0 spiro atoms. The van der Waals surface area contributed by atoms with Crippen LogP contribution in [0.5, 0.6) is 23.0 Å². The zero-order chi connectivity index (χ0) is 32.0. The Balaban J connectivity index is 1.11. The molecular formula is C36H35FN4O5. The fourth-order valence-corrected chi connectivity index (χ4v) is 5.54. The molecule has 1 aliphatic heterocycles. The Labute approximate surface area is 266 Å². The van der Waals surface area contributed by atoms with E-state index in [9.17, 15) is 9.59 Å². The third-order valence-corrected chi connectivity index (χ3v) is 8.16. The van der Waals surface area contributed by atoms with E-state index in [0.717, 1.165) is 48.3 Å². The lowest BCUT2D eigenvalue weighted by atomic mass is 9.99. The SMILES string of the molecule is COc1cc2c(Oc3ccc(NC(=O)C(=O)N[C@H](C)c4ccc5ccccc5c4)cc3F)ccnc2cc1OCC1CCNCC1. The van der Waals surface area contributed by atoms with Crippen molar-refractivity contribution in [3.8, 4) is 23.0 Å². The van der Waals surface area contributed by atoms with E-state index >= 15 is 4.39 Å². The van der Waals surface area contributed by atoms with Gasteiger partial charge in [-0.3, -0.25) is 14.6 Å². The molecule has 0 aliphatic carbocycles. The summed E-state index contributed by atoms with van der Waals surface area (Å²) in [5.41, 5.74) is 1.57. The third kappa shape index (κ3) is 7.02. The number of nitrogens with zero attached hydrogens (tertiary/aromatic N) is 1. The van der Waals surface area contributed by atoms with E-state index in [-0.39, 0.29) is 11.4 Å². The molecule has 236 valence electrons. The van der Waals surface area contributed by atoms with Crippen LogP contribution in [0.1, 0.15) is 31.4 Å². The van der Waals surface area contributed by atoms with Gasteiger partial charge >= 0.3 is 11.8 Å². The van der Waals surface area contributed by atoms with Crippen LogP contribution >= 0.6 is 0 Å². The lowest BCUT2D eigenvalue weighted by Crippen LogP contribution is -2.36. The van der Waals surface area contributed by atoms with Gasteiger partial charge in [-0.2, -0.15) is 0 Å². The predicted octanol–water partition coefficient (Wildman–Crippen LogP) is 6.52. The van der Waals surface area contributed by atoms with Gasteiger partial charge in [0.2, 0.25) is 0 Å². The standard InChI is InChI=1S/C36H35FN4O5/c1-22(25-8-7-24-5-3-4-6-26(24)17-25)40-35(42)36(43)41-27-9-10-32(29(37)18-27)46-31-13-16-39-30-20-34(33(44-2)19-28(30)31)45-21-23-11-14-38-15-12-23/h3-10,13,16-20,22-23,38H,11-12,14-15,21H2,1-2H3,(H,40,42)(H,41,43)/t22-/m1/s1. The van der Waals surface area contributed by atoms with Gasteiger partial charge in [0.1, 0.15) is 5.75 Å². The summed E-state index contributed by atoms with van der Waals surface area (Å²) in [5, 5.41) is 11.2. The number of aromatic nitrogens is 1. The van der Waals surface area contributed by atoms with E-state index in [1.54, 1.807) is 38.4 Å². The maximum absolute atomic E-state index is 15.2. The number of carbonyl (C=O) groups excluding carboxylic acids is 2. The number of amides is 2. The summed E-state index contributed by atoms with van der Waals surface area (Å²) >= 11 is 0. The van der Waals surface area contributed by atoms with Crippen LogP contribution in [0.2, 0.25) is 0 Å². The number of hydrogen-bond donors (Lipinski definition) is 3. The van der Waals surface area contributed by atoms with Gasteiger partial charge < -0.3 is 30.2 Å². The summed E-state index contributed by atoms with van der Waals surface area (Å²) in [7, 11) is 1.56. The Morgan fingerprint density at radius 2 is 1.72 bits per heavy atom. The van der Waals surface area contributed by atoms with E-state index in [1.165, 1.54) is 12.1 Å². The van der Waals surface area contributed by atoms with Crippen LogP contribution in [0.4, 0.5) is 10.1 Å². The van der Waals surface area contributed by atoms with Crippen molar-refractivity contribution >= 4 is 39.2 Å². The van der Waals surface area contributed by atoms with E-state index < -0.39 is 23.7 Å². The Morgan fingerprint density at radius 3 is 2.50 bits per heavy atom. The first-order valence-corrected chi connectivity index (χ1v) is 15.3. The molecule has 10 heteroatoms. The van der Waals surface area contributed by atoms with Crippen LogP contribution in [0.25, 0.3) is 21.7 Å². The maximum Gasteiger partial charge on any atom is 0.313 e. The number of methoxy groups -OCH3 is 1. The lowest BCUT2D eigenvalue weighted by Gasteiger charge is -2.23. The topological polar surface area (TPSA) is 111 Å². The lowest BCUT2D eigenvalue weighted by molar-refractivity contribution is -0.136. The first-order chi connectivity index (χ1) is 22.4. The zero-order valence-electron chi connectivity index (χ0n) is 25.6. The van der Waals surface area contributed by atoms with E-state index in [1.807, 2.05) is 42.5 Å². The number of anilines is 1. The number of nitrogens with one attached hydrogen (secondary N) is 3. The molecule has 0 unspecified atom stereocenters. The van der Waals surface area contributed by atoms with Crippen LogP contribution in [-0.2, 0) is 9.59 Å². The van der Waals surface area contributed by atoms with Gasteiger partial charge in [-0.05, 0) is 85.4 Å². The minimum Gasteiger partial charge on any atom is -0.493 e. The van der Waals surface area contributed by atoms with Crippen LogP contribution in [0.3, 0.4) is 0 Å². The van der Waals surface area contributed by atoms with Gasteiger partial charge in [0, 0.05) is 29.4 Å². The molecule has 4 aromatic carbocycles. The monoisotopic (exact) mass is 622 g/mol. The second-order valence-electron chi connectivity index (χ2n) is 11.3. The van der Waals surface area contributed by atoms with Crippen molar-refractivity contribution in [1.29, 1.82) is 0 Å². The molecule has 1 aliphatic rings. The average molecular weight is 623 g/mol. The van der Waals surface area contributed by atoms with Crippen LogP contribution in [0, 0.1) is 11.7 Å². The highest BCUT2D eigenvalue weighted by Crippen LogP contribution is 2.38. The van der Waals surface area contributed by atoms with Crippen molar-refractivity contribution in [2.75, 3.05) is 32.1 Å². The third-order valence-electron chi connectivity index (χ3n) is 8.16. The Hall–Kier alpha value is -5.22. The molecule has 1 fully saturated rings. The minimum absolute atomic E-state index is 0.0647. The average Bonchev–Trinajstić information content (AvgIpc) is 3.08. The fourth-order valence-electron chi connectivity index (χ4n) is 5.54. The van der Waals surface area contributed by atoms with Gasteiger partial charge in [-0.25, -0.2) is 4.39 Å². The van der Waals surface area contributed by atoms with Gasteiger partial charge in [-0.1, -0.05) is 36.4 Å². The number of rotatable bonds is 9. The number of fused-ring (bicyclic) bond motifs is 2. The van der Waals surface area contributed by atoms with Crippen LogP contribution < -0.4 is 30.2 Å². The summed E-state index contributed by atoms with van der Waals surface area (Å²) < 4.78 is 32.8. The molecule has 1 saturated heterocycles. The van der Waals surface area contributed by atoms with Crippen molar-refractivity contribution in [2.24, 2.45) is 5.92 Å². The quantitative estimate of drug-likeness (QED) is 0.161. The Morgan fingerprint density at radius 1 is 0.913 bits per heavy atom. The Kier molecular flexibility index (Phi) is 9.25. The van der Waals surface area contributed by atoms with E-state index in [2.05, 4.69) is 20.9 Å². The fraction of sp³-hybridized carbons (Fsp3) is 0.250. The van der Waals surface area contributed by atoms with Crippen molar-refractivity contribution in [2.45, 2.75) is 25.8 Å². The first-order valence-electron chi connectivity index (χ1n) is 15.3. The molecular weight excluding hydrogens is 587 g/mol. The maximum atomic E-state index is 15.2. The molecule has 3 N–H and O–H groups in total. The normalized spacial score (nSPS) is 14.1. The number of pyridine rings is 1. The molecule has 0 saturated carbocycles. The molecule has 2 amide bonds. The summed E-state index contributed by atoms with van der Waals surface area (Å²) in [5.74, 6) is -0.596. The van der Waals surface area contributed by atoms with Crippen molar-refractivity contribution in [3.05, 3.63) is 96.4 Å². The molecule has 6 rings (SSSR count). The summed E-state index contributed by atoms with van der Waals surface area (Å²) in [6.07, 6.45) is 3.68. The van der Waals surface area contributed by atoms with Gasteiger partial charge in [0.15, 0.2) is 23.1 Å².